The lowest BCUT2D eigenvalue weighted by Crippen LogP contribution is -2.22. The van der Waals surface area contributed by atoms with Gasteiger partial charge in [-0.3, -0.25) is 9.59 Å². The lowest BCUT2D eigenvalue weighted by Gasteiger charge is -2.10. The van der Waals surface area contributed by atoms with Crippen molar-refractivity contribution in [3.05, 3.63) is 66.5 Å². The summed E-state index contributed by atoms with van der Waals surface area (Å²) < 4.78 is 1.66. The fraction of sp³-hybridized carbons (Fsp3) is 0.111. The van der Waals surface area contributed by atoms with Gasteiger partial charge in [0.2, 0.25) is 17.0 Å². The normalized spacial score (nSPS) is 11.7. The fourth-order valence-electron chi connectivity index (χ4n) is 2.18. The van der Waals surface area contributed by atoms with E-state index in [-0.39, 0.29) is 5.91 Å². The Kier molecular flexibility index (Phi) is 5.33. The number of nitrogens with two attached hydrogens (primary N) is 1. The van der Waals surface area contributed by atoms with E-state index in [1.807, 2.05) is 30.3 Å². The van der Waals surface area contributed by atoms with Gasteiger partial charge >= 0.3 is 0 Å². The molecule has 0 aliphatic carbocycles. The first-order valence-corrected chi connectivity index (χ1v) is 8.75. The second-order valence-electron chi connectivity index (χ2n) is 5.50. The molecule has 2 aromatic carbocycles. The number of amides is 2. The molecule has 2 amide bonds. The van der Waals surface area contributed by atoms with Crippen LogP contribution >= 0.6 is 11.8 Å². The lowest BCUT2D eigenvalue weighted by molar-refractivity contribution is -0.115. The third-order valence-corrected chi connectivity index (χ3v) is 4.55. The van der Waals surface area contributed by atoms with Gasteiger partial charge < -0.3 is 11.1 Å². The van der Waals surface area contributed by atoms with Crippen molar-refractivity contribution in [2.24, 2.45) is 5.73 Å². The maximum absolute atomic E-state index is 12.3. The van der Waals surface area contributed by atoms with Gasteiger partial charge in [0, 0.05) is 11.3 Å². The number of benzene rings is 2. The Morgan fingerprint density at radius 2 is 1.81 bits per heavy atom. The van der Waals surface area contributed by atoms with Crippen molar-refractivity contribution in [2.45, 2.75) is 17.3 Å². The molecule has 1 atom stereocenters. The molecule has 0 radical (unpaired) electrons. The van der Waals surface area contributed by atoms with E-state index in [4.69, 9.17) is 5.73 Å². The SMILES string of the molecule is C[C@H](Sc1ncn(-c2ccccc2)n1)C(=O)Nc1ccc(C(N)=O)cc1. The van der Waals surface area contributed by atoms with Gasteiger partial charge in [0.05, 0.1) is 10.9 Å². The Hall–Kier alpha value is -3.13. The van der Waals surface area contributed by atoms with Gasteiger partial charge in [0.15, 0.2) is 0 Å². The molecule has 26 heavy (non-hydrogen) atoms. The number of nitrogens with one attached hydrogen (secondary N) is 1. The van der Waals surface area contributed by atoms with Gasteiger partial charge in [-0.2, -0.15) is 0 Å². The molecule has 0 aliphatic rings. The highest BCUT2D eigenvalue weighted by Crippen LogP contribution is 2.21. The van der Waals surface area contributed by atoms with Crippen molar-refractivity contribution in [1.82, 2.24) is 14.8 Å². The average Bonchev–Trinajstić information content (AvgIpc) is 3.11. The van der Waals surface area contributed by atoms with Crippen LogP contribution in [0.5, 0.6) is 0 Å². The molecule has 8 heteroatoms. The minimum Gasteiger partial charge on any atom is -0.366 e. The molecule has 0 unspecified atom stereocenters. The molecule has 0 saturated carbocycles. The standard InChI is InChI=1S/C18H17N5O2S/c1-12(17(25)21-14-9-7-13(8-10-14)16(19)24)26-18-20-11-23(22-18)15-5-3-2-4-6-15/h2-12H,1H3,(H2,19,24)(H,21,25)/t12-/m0/s1. The largest absolute Gasteiger partial charge is 0.366 e. The maximum atomic E-state index is 12.3. The zero-order valence-corrected chi connectivity index (χ0v) is 14.8. The smallest absolute Gasteiger partial charge is 0.248 e. The third-order valence-electron chi connectivity index (χ3n) is 3.58. The highest BCUT2D eigenvalue weighted by atomic mass is 32.2. The summed E-state index contributed by atoms with van der Waals surface area (Å²) in [5.41, 5.74) is 7.08. The van der Waals surface area contributed by atoms with Gasteiger partial charge in [0.1, 0.15) is 6.33 Å². The predicted octanol–water partition coefficient (Wildman–Crippen LogP) is 2.49. The third kappa shape index (κ3) is 4.28. The average molecular weight is 367 g/mol. The van der Waals surface area contributed by atoms with Crippen molar-refractivity contribution in [1.29, 1.82) is 0 Å². The number of carbonyl (C=O) groups excluding carboxylic acids is 2. The number of hydrogen-bond acceptors (Lipinski definition) is 5. The van der Waals surface area contributed by atoms with Gasteiger partial charge in [-0.15, -0.1) is 5.10 Å². The zero-order chi connectivity index (χ0) is 18.5. The number of para-hydroxylation sites is 1. The molecule has 1 aromatic heterocycles. The Bertz CT molecular complexity index is 909. The van der Waals surface area contributed by atoms with E-state index in [0.717, 1.165) is 5.69 Å². The van der Waals surface area contributed by atoms with Gasteiger partial charge in [0.25, 0.3) is 0 Å². The Balaban J connectivity index is 1.61. The fourth-order valence-corrected chi connectivity index (χ4v) is 2.91. The van der Waals surface area contributed by atoms with E-state index in [1.165, 1.54) is 11.8 Å². The van der Waals surface area contributed by atoms with E-state index in [9.17, 15) is 9.59 Å². The first-order chi connectivity index (χ1) is 12.5. The lowest BCUT2D eigenvalue weighted by atomic mass is 10.2. The molecule has 0 bridgehead atoms. The molecule has 3 rings (SSSR count). The van der Waals surface area contributed by atoms with Gasteiger partial charge in [-0.25, -0.2) is 9.67 Å². The Labute approximate surface area is 154 Å². The van der Waals surface area contributed by atoms with Gasteiger partial charge in [-0.05, 0) is 43.3 Å². The predicted molar refractivity (Wildman–Crippen MR) is 100 cm³/mol. The summed E-state index contributed by atoms with van der Waals surface area (Å²) in [6.45, 7) is 1.78. The van der Waals surface area contributed by atoms with Crippen LogP contribution < -0.4 is 11.1 Å². The second kappa shape index (κ2) is 7.83. The van der Waals surface area contributed by atoms with E-state index < -0.39 is 11.2 Å². The number of hydrogen-bond donors (Lipinski definition) is 2. The van der Waals surface area contributed by atoms with Crippen molar-refractivity contribution in [3.63, 3.8) is 0 Å². The summed E-state index contributed by atoms with van der Waals surface area (Å²) in [5, 5.41) is 7.29. The Morgan fingerprint density at radius 1 is 1.12 bits per heavy atom. The molecule has 0 spiro atoms. The summed E-state index contributed by atoms with van der Waals surface area (Å²) in [6, 6.07) is 16.0. The Morgan fingerprint density at radius 3 is 2.46 bits per heavy atom. The summed E-state index contributed by atoms with van der Waals surface area (Å²) >= 11 is 1.27. The minimum atomic E-state index is -0.508. The highest BCUT2D eigenvalue weighted by Gasteiger charge is 2.17. The minimum absolute atomic E-state index is 0.183. The molecule has 0 fully saturated rings. The van der Waals surface area contributed by atoms with Crippen LogP contribution in [0.3, 0.4) is 0 Å². The topological polar surface area (TPSA) is 103 Å². The molecule has 0 aliphatic heterocycles. The molecule has 132 valence electrons. The van der Waals surface area contributed by atoms with E-state index in [1.54, 1.807) is 42.2 Å². The van der Waals surface area contributed by atoms with E-state index in [0.29, 0.717) is 16.4 Å². The molecule has 0 saturated heterocycles. The maximum Gasteiger partial charge on any atom is 0.248 e. The quantitative estimate of drug-likeness (QED) is 0.652. The van der Waals surface area contributed by atoms with Crippen LogP contribution in [-0.2, 0) is 4.79 Å². The number of rotatable bonds is 6. The first kappa shape index (κ1) is 17.7. The van der Waals surface area contributed by atoms with Gasteiger partial charge in [-0.1, -0.05) is 30.0 Å². The van der Waals surface area contributed by atoms with E-state index >= 15 is 0 Å². The van der Waals surface area contributed by atoms with Crippen LogP contribution in [0.1, 0.15) is 17.3 Å². The number of anilines is 1. The zero-order valence-electron chi connectivity index (χ0n) is 14.0. The van der Waals surface area contributed by atoms with Crippen molar-refractivity contribution in [2.75, 3.05) is 5.32 Å². The van der Waals surface area contributed by atoms with Crippen molar-refractivity contribution < 1.29 is 9.59 Å². The second-order valence-corrected chi connectivity index (χ2v) is 6.81. The van der Waals surface area contributed by atoms with Crippen LogP contribution in [0, 0.1) is 0 Å². The van der Waals surface area contributed by atoms with Crippen LogP contribution in [-0.4, -0.2) is 31.8 Å². The molecule has 3 aromatic rings. The van der Waals surface area contributed by atoms with E-state index in [2.05, 4.69) is 15.4 Å². The summed E-state index contributed by atoms with van der Waals surface area (Å²) in [4.78, 5) is 27.6. The molecule has 7 nitrogen and oxygen atoms in total. The molecular weight excluding hydrogens is 350 g/mol. The number of nitrogens with zero attached hydrogens (tertiary/aromatic N) is 3. The van der Waals surface area contributed by atoms with Crippen LogP contribution in [0.2, 0.25) is 0 Å². The highest BCUT2D eigenvalue weighted by molar-refractivity contribution is 8.00. The van der Waals surface area contributed by atoms with Crippen LogP contribution in [0.4, 0.5) is 5.69 Å². The first-order valence-electron chi connectivity index (χ1n) is 7.87. The molecule has 1 heterocycles. The summed E-state index contributed by atoms with van der Waals surface area (Å²) in [6.07, 6.45) is 1.62. The van der Waals surface area contributed by atoms with Crippen molar-refractivity contribution in [3.8, 4) is 5.69 Å². The number of carbonyl (C=O) groups is 2. The van der Waals surface area contributed by atoms with Crippen molar-refractivity contribution >= 4 is 29.3 Å². The summed E-state index contributed by atoms with van der Waals surface area (Å²) in [7, 11) is 0. The number of thioether (sulfide) groups is 1. The monoisotopic (exact) mass is 367 g/mol. The number of aromatic nitrogens is 3. The van der Waals surface area contributed by atoms with Crippen LogP contribution in [0.25, 0.3) is 5.69 Å². The number of primary amides is 1. The summed E-state index contributed by atoms with van der Waals surface area (Å²) in [5.74, 6) is -0.690. The molecular formula is C18H17N5O2S. The van der Waals surface area contributed by atoms with Crippen LogP contribution in [0.15, 0.2) is 66.1 Å². The molecule has 3 N–H and O–H groups in total.